The summed E-state index contributed by atoms with van der Waals surface area (Å²) in [7, 11) is -4.07. The van der Waals surface area contributed by atoms with E-state index in [0.29, 0.717) is 18.7 Å². The molecule has 0 aliphatic rings. The largest absolute Gasteiger partial charge is 0.354 e. The maximum absolute atomic E-state index is 14.1. The van der Waals surface area contributed by atoms with Crippen LogP contribution in [0.5, 0.6) is 0 Å². The van der Waals surface area contributed by atoms with Crippen molar-refractivity contribution in [3.05, 3.63) is 95.6 Å². The highest BCUT2D eigenvalue weighted by Crippen LogP contribution is 2.27. The quantitative estimate of drug-likeness (QED) is 0.341. The summed E-state index contributed by atoms with van der Waals surface area (Å²) in [5.74, 6) is -0.452. The fourth-order valence-electron chi connectivity index (χ4n) is 4.43. The number of amides is 2. The van der Waals surface area contributed by atoms with Gasteiger partial charge in [0.05, 0.1) is 10.6 Å². The molecule has 0 aromatic heterocycles. The fourth-order valence-corrected chi connectivity index (χ4v) is 5.93. The average Bonchev–Trinajstić information content (AvgIpc) is 2.91. The summed E-state index contributed by atoms with van der Waals surface area (Å²) in [5, 5.41) is 2.95. The Balaban J connectivity index is 2.05. The van der Waals surface area contributed by atoms with Gasteiger partial charge in [-0.3, -0.25) is 13.9 Å². The van der Waals surface area contributed by atoms with Crippen LogP contribution in [0.3, 0.4) is 0 Å². The van der Waals surface area contributed by atoms with E-state index in [1.807, 2.05) is 71.0 Å². The topological polar surface area (TPSA) is 86.8 Å². The number of para-hydroxylation sites is 1. The van der Waals surface area contributed by atoms with Gasteiger partial charge in [-0.2, -0.15) is 0 Å². The van der Waals surface area contributed by atoms with E-state index in [-0.39, 0.29) is 23.3 Å². The third-order valence-electron chi connectivity index (χ3n) is 6.50. The molecule has 7 nitrogen and oxygen atoms in total. The van der Waals surface area contributed by atoms with Gasteiger partial charge in [0.2, 0.25) is 11.8 Å². The number of benzene rings is 3. The Kier molecular flexibility index (Phi) is 10.3. The van der Waals surface area contributed by atoms with Crippen LogP contribution in [0, 0.1) is 19.8 Å². The van der Waals surface area contributed by atoms with Crippen LogP contribution in [0.25, 0.3) is 0 Å². The first kappa shape index (κ1) is 29.9. The van der Waals surface area contributed by atoms with Crippen molar-refractivity contribution < 1.29 is 18.0 Å². The predicted octanol–water partition coefficient (Wildman–Crippen LogP) is 5.08. The van der Waals surface area contributed by atoms with Gasteiger partial charge in [0.15, 0.2) is 0 Å². The van der Waals surface area contributed by atoms with E-state index >= 15 is 0 Å². The lowest BCUT2D eigenvalue weighted by Gasteiger charge is -2.33. The molecule has 2 amide bonds. The van der Waals surface area contributed by atoms with Crippen molar-refractivity contribution in [2.75, 3.05) is 17.4 Å². The Morgan fingerprint density at radius 3 is 2.18 bits per heavy atom. The Hall–Kier alpha value is -3.65. The number of anilines is 1. The number of sulfonamides is 1. The van der Waals surface area contributed by atoms with Gasteiger partial charge in [0, 0.05) is 13.1 Å². The van der Waals surface area contributed by atoms with Crippen LogP contribution in [0.4, 0.5) is 5.69 Å². The van der Waals surface area contributed by atoms with E-state index < -0.39 is 28.5 Å². The molecular formula is C31H39N3O4S. The molecule has 0 saturated carbocycles. The molecule has 8 heteroatoms. The first-order valence-corrected chi connectivity index (χ1v) is 14.7. The summed E-state index contributed by atoms with van der Waals surface area (Å²) in [6.45, 7) is 9.87. The van der Waals surface area contributed by atoms with Crippen molar-refractivity contribution in [2.24, 2.45) is 5.92 Å². The predicted molar refractivity (Wildman–Crippen MR) is 156 cm³/mol. The Labute approximate surface area is 232 Å². The number of rotatable bonds is 12. The number of aryl methyl sites for hydroxylation is 2. The molecule has 39 heavy (non-hydrogen) atoms. The lowest BCUT2D eigenvalue weighted by molar-refractivity contribution is -0.140. The van der Waals surface area contributed by atoms with Crippen LogP contribution in [0.2, 0.25) is 0 Å². The summed E-state index contributed by atoms with van der Waals surface area (Å²) in [5.41, 5.74) is 3.04. The zero-order chi connectivity index (χ0) is 28.6. The SMILES string of the molecule is CCC(C(=O)NCC(C)C)N(Cc1cccc(C)c1)C(=O)CN(c1ccccc1C)S(=O)(=O)c1ccccc1. The van der Waals surface area contributed by atoms with Crippen molar-refractivity contribution in [2.45, 2.75) is 58.5 Å². The second-order valence-corrected chi connectivity index (χ2v) is 12.0. The lowest BCUT2D eigenvalue weighted by Crippen LogP contribution is -2.52. The Morgan fingerprint density at radius 2 is 1.56 bits per heavy atom. The zero-order valence-corrected chi connectivity index (χ0v) is 24.2. The molecule has 0 saturated heterocycles. The molecule has 0 fully saturated rings. The van der Waals surface area contributed by atoms with E-state index in [2.05, 4.69) is 5.32 Å². The van der Waals surface area contributed by atoms with Gasteiger partial charge in [0.25, 0.3) is 10.0 Å². The van der Waals surface area contributed by atoms with E-state index in [1.165, 1.54) is 17.0 Å². The number of nitrogens with zero attached hydrogens (tertiary/aromatic N) is 2. The maximum Gasteiger partial charge on any atom is 0.264 e. The van der Waals surface area contributed by atoms with Gasteiger partial charge in [-0.05, 0) is 55.5 Å². The Morgan fingerprint density at radius 1 is 0.897 bits per heavy atom. The van der Waals surface area contributed by atoms with Gasteiger partial charge < -0.3 is 10.2 Å². The molecule has 3 rings (SSSR count). The second kappa shape index (κ2) is 13.4. The van der Waals surface area contributed by atoms with E-state index in [1.54, 1.807) is 30.3 Å². The maximum atomic E-state index is 14.1. The van der Waals surface area contributed by atoms with Crippen molar-refractivity contribution in [1.82, 2.24) is 10.2 Å². The first-order valence-electron chi connectivity index (χ1n) is 13.3. The van der Waals surface area contributed by atoms with Gasteiger partial charge in [0.1, 0.15) is 12.6 Å². The highest BCUT2D eigenvalue weighted by molar-refractivity contribution is 7.92. The molecule has 1 N–H and O–H groups in total. The monoisotopic (exact) mass is 549 g/mol. The standard InChI is InChI=1S/C31H39N3O4S/c1-6-28(31(36)32-20-23(2)3)33(21-26-15-12-13-24(4)19-26)30(35)22-34(29-18-11-10-14-25(29)5)39(37,38)27-16-8-7-9-17-27/h7-19,23,28H,6,20-22H2,1-5H3,(H,32,36). The van der Waals surface area contributed by atoms with Crippen LogP contribution < -0.4 is 9.62 Å². The van der Waals surface area contributed by atoms with Crippen LogP contribution in [-0.2, 0) is 26.2 Å². The van der Waals surface area contributed by atoms with Crippen molar-refractivity contribution in [3.63, 3.8) is 0 Å². The summed E-state index contributed by atoms with van der Waals surface area (Å²) in [4.78, 5) is 29.0. The van der Waals surface area contributed by atoms with E-state index in [4.69, 9.17) is 0 Å². The minimum absolute atomic E-state index is 0.0907. The number of carbonyl (C=O) groups excluding carboxylic acids is 2. The molecule has 0 aliphatic carbocycles. The first-order chi connectivity index (χ1) is 18.5. The van der Waals surface area contributed by atoms with Gasteiger partial charge in [-0.1, -0.05) is 87.0 Å². The number of hydrogen-bond donors (Lipinski definition) is 1. The average molecular weight is 550 g/mol. The molecule has 0 bridgehead atoms. The zero-order valence-electron chi connectivity index (χ0n) is 23.4. The molecular weight excluding hydrogens is 510 g/mol. The molecule has 0 radical (unpaired) electrons. The smallest absolute Gasteiger partial charge is 0.264 e. The van der Waals surface area contributed by atoms with Crippen LogP contribution in [-0.4, -0.2) is 44.3 Å². The Bertz CT molecular complexity index is 1370. The fraction of sp³-hybridized carbons (Fsp3) is 0.355. The van der Waals surface area contributed by atoms with Crippen molar-refractivity contribution in [1.29, 1.82) is 0 Å². The third kappa shape index (κ3) is 7.69. The van der Waals surface area contributed by atoms with Crippen LogP contribution in [0.1, 0.15) is 43.9 Å². The van der Waals surface area contributed by atoms with Gasteiger partial charge in [-0.15, -0.1) is 0 Å². The van der Waals surface area contributed by atoms with Crippen molar-refractivity contribution in [3.8, 4) is 0 Å². The van der Waals surface area contributed by atoms with Crippen molar-refractivity contribution >= 4 is 27.5 Å². The molecule has 0 spiro atoms. The minimum atomic E-state index is -4.07. The molecule has 0 aliphatic heterocycles. The van der Waals surface area contributed by atoms with Gasteiger partial charge in [-0.25, -0.2) is 8.42 Å². The summed E-state index contributed by atoms with van der Waals surface area (Å²) in [6.07, 6.45) is 0.386. The molecule has 3 aromatic rings. The number of hydrogen-bond acceptors (Lipinski definition) is 4. The van der Waals surface area contributed by atoms with Gasteiger partial charge >= 0.3 is 0 Å². The summed E-state index contributed by atoms with van der Waals surface area (Å²) >= 11 is 0. The molecule has 208 valence electrons. The minimum Gasteiger partial charge on any atom is -0.354 e. The molecule has 1 atom stereocenters. The molecule has 3 aromatic carbocycles. The van der Waals surface area contributed by atoms with Crippen LogP contribution in [0.15, 0.2) is 83.8 Å². The molecule has 1 unspecified atom stereocenters. The summed E-state index contributed by atoms with van der Waals surface area (Å²) in [6, 6.07) is 22.2. The highest BCUT2D eigenvalue weighted by Gasteiger charge is 2.34. The summed E-state index contributed by atoms with van der Waals surface area (Å²) < 4.78 is 28.9. The normalized spacial score (nSPS) is 12.2. The van der Waals surface area contributed by atoms with E-state index in [9.17, 15) is 18.0 Å². The number of nitrogens with one attached hydrogen (secondary N) is 1. The third-order valence-corrected chi connectivity index (χ3v) is 8.27. The number of carbonyl (C=O) groups is 2. The second-order valence-electron chi connectivity index (χ2n) is 10.2. The van der Waals surface area contributed by atoms with Crippen LogP contribution >= 0.6 is 0 Å². The lowest BCUT2D eigenvalue weighted by atomic mass is 10.1. The molecule has 0 heterocycles. The van der Waals surface area contributed by atoms with E-state index in [0.717, 1.165) is 21.0 Å². The highest BCUT2D eigenvalue weighted by atomic mass is 32.2.